The van der Waals surface area contributed by atoms with Crippen molar-refractivity contribution in [2.45, 2.75) is 19.4 Å². The number of allylic oxidation sites excluding steroid dienone is 1. The van der Waals surface area contributed by atoms with E-state index in [0.717, 1.165) is 40.8 Å². The van der Waals surface area contributed by atoms with Crippen LogP contribution in [-0.2, 0) is 13.0 Å². The molecule has 0 fully saturated rings. The summed E-state index contributed by atoms with van der Waals surface area (Å²) in [5, 5.41) is 9.22. The van der Waals surface area contributed by atoms with Crippen LogP contribution in [0.4, 0.5) is 4.39 Å². The Labute approximate surface area is 111 Å². The molecule has 0 radical (unpaired) electrons. The summed E-state index contributed by atoms with van der Waals surface area (Å²) in [6.07, 6.45) is 5.71. The molecule has 1 aromatic heterocycles. The second-order valence-corrected chi connectivity index (χ2v) is 4.66. The molecule has 0 saturated heterocycles. The summed E-state index contributed by atoms with van der Waals surface area (Å²) < 4.78 is 13.0. The molecule has 0 amide bonds. The van der Waals surface area contributed by atoms with Gasteiger partial charge in [-0.3, -0.25) is 4.98 Å². The summed E-state index contributed by atoms with van der Waals surface area (Å²) in [5.41, 5.74) is 4.94. The predicted molar refractivity (Wildman–Crippen MR) is 72.0 cm³/mol. The first kappa shape index (κ1) is 12.1. The van der Waals surface area contributed by atoms with Crippen LogP contribution >= 0.6 is 0 Å². The molecule has 2 aromatic rings. The Morgan fingerprint density at radius 1 is 1.21 bits per heavy atom. The molecule has 1 aliphatic rings. The molecule has 1 aromatic carbocycles. The van der Waals surface area contributed by atoms with E-state index in [1.54, 1.807) is 18.3 Å². The zero-order valence-corrected chi connectivity index (χ0v) is 10.4. The lowest BCUT2D eigenvalue weighted by atomic mass is 9.89. The molecular formula is C16H14FNO. The third-order valence-corrected chi connectivity index (χ3v) is 3.38. The Balaban J connectivity index is 2.09. The molecule has 0 bridgehead atoms. The number of nitrogens with zero attached hydrogens (tertiary/aromatic N) is 1. The summed E-state index contributed by atoms with van der Waals surface area (Å²) in [6.45, 7) is -0.0169. The van der Waals surface area contributed by atoms with Gasteiger partial charge < -0.3 is 5.11 Å². The topological polar surface area (TPSA) is 33.1 Å². The highest BCUT2D eigenvalue weighted by atomic mass is 19.1. The maximum absolute atomic E-state index is 13.0. The van der Waals surface area contributed by atoms with Gasteiger partial charge in [-0.25, -0.2) is 4.39 Å². The van der Waals surface area contributed by atoms with Crippen LogP contribution in [0, 0.1) is 5.82 Å². The minimum Gasteiger partial charge on any atom is -0.392 e. The zero-order valence-electron chi connectivity index (χ0n) is 10.4. The van der Waals surface area contributed by atoms with Gasteiger partial charge in [0.2, 0.25) is 0 Å². The van der Waals surface area contributed by atoms with Crippen molar-refractivity contribution in [2.75, 3.05) is 0 Å². The minimum absolute atomic E-state index is 0.0169. The molecule has 3 rings (SSSR count). The minimum atomic E-state index is -0.234. The van der Waals surface area contributed by atoms with Gasteiger partial charge in [0, 0.05) is 17.5 Å². The fourth-order valence-electron chi connectivity index (χ4n) is 2.42. The van der Waals surface area contributed by atoms with Crippen LogP contribution in [0.15, 0.2) is 42.6 Å². The van der Waals surface area contributed by atoms with Gasteiger partial charge in [0.15, 0.2) is 0 Å². The highest BCUT2D eigenvalue weighted by Crippen LogP contribution is 2.31. The predicted octanol–water partition coefficient (Wildman–Crippen LogP) is 3.09. The average Bonchev–Trinajstić information content (AvgIpc) is 2.47. The number of pyridine rings is 1. The van der Waals surface area contributed by atoms with E-state index >= 15 is 0 Å². The number of halogens is 1. The Bertz CT molecular complexity index is 632. The van der Waals surface area contributed by atoms with Crippen LogP contribution in [-0.4, -0.2) is 10.1 Å². The Morgan fingerprint density at radius 2 is 2.00 bits per heavy atom. The van der Waals surface area contributed by atoms with Crippen LogP contribution < -0.4 is 0 Å². The Hall–Kier alpha value is -2.00. The number of rotatable bonds is 2. The van der Waals surface area contributed by atoms with E-state index in [1.807, 2.05) is 6.07 Å². The van der Waals surface area contributed by atoms with E-state index in [2.05, 4.69) is 11.1 Å². The molecule has 19 heavy (non-hydrogen) atoms. The van der Waals surface area contributed by atoms with Gasteiger partial charge in [0.1, 0.15) is 5.82 Å². The smallest absolute Gasteiger partial charge is 0.123 e. The Kier molecular flexibility index (Phi) is 3.13. The third kappa shape index (κ3) is 2.29. The number of hydrogen-bond donors (Lipinski definition) is 1. The van der Waals surface area contributed by atoms with Gasteiger partial charge in [-0.2, -0.15) is 0 Å². The zero-order chi connectivity index (χ0) is 13.2. The molecule has 0 spiro atoms. The first-order chi connectivity index (χ1) is 9.28. The van der Waals surface area contributed by atoms with Gasteiger partial charge in [-0.1, -0.05) is 18.2 Å². The number of benzene rings is 1. The van der Waals surface area contributed by atoms with Gasteiger partial charge >= 0.3 is 0 Å². The molecule has 1 N–H and O–H groups in total. The van der Waals surface area contributed by atoms with Crippen molar-refractivity contribution in [3.63, 3.8) is 0 Å². The molecule has 96 valence electrons. The fourth-order valence-corrected chi connectivity index (χ4v) is 2.42. The van der Waals surface area contributed by atoms with Crippen molar-refractivity contribution >= 4 is 5.57 Å². The van der Waals surface area contributed by atoms with Crippen molar-refractivity contribution in [1.82, 2.24) is 4.98 Å². The third-order valence-electron chi connectivity index (χ3n) is 3.38. The summed E-state index contributed by atoms with van der Waals surface area (Å²) in [6, 6.07) is 8.46. The molecule has 0 unspecified atom stereocenters. The molecule has 1 heterocycles. The van der Waals surface area contributed by atoms with Crippen molar-refractivity contribution in [3.05, 3.63) is 70.8 Å². The molecule has 0 saturated carbocycles. The normalized spacial score (nSPS) is 13.9. The molecule has 1 aliphatic carbocycles. The summed E-state index contributed by atoms with van der Waals surface area (Å²) >= 11 is 0. The summed E-state index contributed by atoms with van der Waals surface area (Å²) in [5.74, 6) is -0.234. The lowest BCUT2D eigenvalue weighted by molar-refractivity contribution is 0.281. The number of aryl methyl sites for hydroxylation is 1. The van der Waals surface area contributed by atoms with E-state index in [4.69, 9.17) is 0 Å². The van der Waals surface area contributed by atoms with Crippen LogP contribution in [0.2, 0.25) is 0 Å². The molecule has 0 atom stereocenters. The van der Waals surface area contributed by atoms with Gasteiger partial charge in [0.25, 0.3) is 0 Å². The molecule has 2 nitrogen and oxygen atoms in total. The molecular weight excluding hydrogens is 241 g/mol. The summed E-state index contributed by atoms with van der Waals surface area (Å²) in [4.78, 5) is 4.41. The SMILES string of the molecule is OCc1cnc2c(c1)C(c1ccc(F)cc1)=CCC2. The number of fused-ring (bicyclic) bond motifs is 1. The number of hydrogen-bond acceptors (Lipinski definition) is 2. The van der Waals surface area contributed by atoms with Crippen molar-refractivity contribution in [1.29, 1.82) is 0 Å². The quantitative estimate of drug-likeness (QED) is 0.894. The van der Waals surface area contributed by atoms with Crippen LogP contribution in [0.1, 0.15) is 28.8 Å². The lowest BCUT2D eigenvalue weighted by Gasteiger charge is -2.18. The first-order valence-electron chi connectivity index (χ1n) is 6.33. The number of aliphatic hydroxyl groups is 1. The maximum Gasteiger partial charge on any atom is 0.123 e. The van der Waals surface area contributed by atoms with E-state index in [9.17, 15) is 9.50 Å². The van der Waals surface area contributed by atoms with Crippen molar-refractivity contribution in [3.8, 4) is 0 Å². The van der Waals surface area contributed by atoms with Gasteiger partial charge in [-0.05, 0) is 47.7 Å². The van der Waals surface area contributed by atoms with E-state index in [0.29, 0.717) is 0 Å². The highest BCUT2D eigenvalue weighted by molar-refractivity contribution is 5.82. The van der Waals surface area contributed by atoms with Crippen LogP contribution in [0.3, 0.4) is 0 Å². The van der Waals surface area contributed by atoms with E-state index in [1.165, 1.54) is 12.1 Å². The lowest BCUT2D eigenvalue weighted by Crippen LogP contribution is -2.05. The molecule has 0 aliphatic heterocycles. The van der Waals surface area contributed by atoms with Crippen molar-refractivity contribution < 1.29 is 9.50 Å². The number of aliphatic hydroxyl groups excluding tert-OH is 1. The van der Waals surface area contributed by atoms with Crippen molar-refractivity contribution in [2.24, 2.45) is 0 Å². The van der Waals surface area contributed by atoms with Gasteiger partial charge in [0.05, 0.1) is 6.61 Å². The standard InChI is InChI=1S/C16H14FNO/c17-13-6-4-12(5-7-13)14-2-1-3-16-15(14)8-11(10-19)9-18-16/h2,4-9,19H,1,3,10H2. The van der Waals surface area contributed by atoms with E-state index < -0.39 is 0 Å². The van der Waals surface area contributed by atoms with Gasteiger partial charge in [-0.15, -0.1) is 0 Å². The van der Waals surface area contributed by atoms with Crippen LogP contribution in [0.5, 0.6) is 0 Å². The summed E-state index contributed by atoms with van der Waals surface area (Å²) in [7, 11) is 0. The van der Waals surface area contributed by atoms with Crippen LogP contribution in [0.25, 0.3) is 5.57 Å². The fraction of sp³-hybridized carbons (Fsp3) is 0.188. The second kappa shape index (κ2) is 4.94. The first-order valence-corrected chi connectivity index (χ1v) is 6.33. The monoisotopic (exact) mass is 255 g/mol. The van der Waals surface area contributed by atoms with E-state index in [-0.39, 0.29) is 12.4 Å². The molecule has 3 heteroatoms. The average molecular weight is 255 g/mol. The number of aromatic nitrogens is 1. The largest absolute Gasteiger partial charge is 0.392 e. The highest BCUT2D eigenvalue weighted by Gasteiger charge is 2.15. The Morgan fingerprint density at radius 3 is 2.74 bits per heavy atom. The maximum atomic E-state index is 13.0. The second-order valence-electron chi connectivity index (χ2n) is 4.66.